The second kappa shape index (κ2) is 21.4. The van der Waals surface area contributed by atoms with E-state index in [0.29, 0.717) is 77.5 Å². The number of carbonyl (C=O) groups is 2. The summed E-state index contributed by atoms with van der Waals surface area (Å²) in [5.74, 6) is 1.92. The smallest absolute Gasteiger partial charge is 0.318 e. The number of piperazine rings is 2. The van der Waals surface area contributed by atoms with E-state index in [1.807, 2.05) is 61.2 Å². The van der Waals surface area contributed by atoms with Crippen LogP contribution in [0.1, 0.15) is 41.4 Å². The maximum absolute atomic E-state index is 12.5. The number of nitrogens with zero attached hydrogens (tertiary/aromatic N) is 12. The number of likely N-dealkylation sites (N-methyl/N-ethyl adjacent to an activating group) is 1. The fourth-order valence-corrected chi connectivity index (χ4v) is 11.8. The molecule has 7 heterocycles. The summed E-state index contributed by atoms with van der Waals surface area (Å²) in [4.78, 5) is 63.1. The number of phenolic OH excluding ortho intramolecular Hbond substituents is 1. The van der Waals surface area contributed by atoms with E-state index in [2.05, 4.69) is 85.0 Å². The maximum Gasteiger partial charge on any atom is 0.318 e. The van der Waals surface area contributed by atoms with Gasteiger partial charge in [-0.3, -0.25) is 14.5 Å². The van der Waals surface area contributed by atoms with Crippen molar-refractivity contribution in [3.8, 4) is 17.8 Å². The van der Waals surface area contributed by atoms with Crippen molar-refractivity contribution in [2.24, 2.45) is 0 Å². The van der Waals surface area contributed by atoms with Crippen molar-refractivity contribution in [2.75, 3.05) is 119 Å². The lowest BCUT2D eigenvalue weighted by molar-refractivity contribution is -0.127. The molecule has 4 aromatic carbocycles. The van der Waals surface area contributed by atoms with Crippen LogP contribution in [0.4, 0.5) is 23.0 Å². The predicted octanol–water partition coefficient (Wildman–Crippen LogP) is 6.06. The Kier molecular flexibility index (Phi) is 14.2. The number of likely N-dealkylation sites (tertiary alicyclic amines) is 1. The summed E-state index contributed by atoms with van der Waals surface area (Å²) in [5.41, 5.74) is 7.52. The molecule has 0 spiro atoms. The molecular formula is C58H68N12O5. The molecule has 17 heteroatoms. The molecule has 2 aromatic heterocycles. The van der Waals surface area contributed by atoms with Crippen molar-refractivity contribution >= 4 is 56.4 Å². The molecule has 2 amide bonds. The number of aromatic nitrogens is 4. The van der Waals surface area contributed by atoms with Gasteiger partial charge in [-0.15, -0.1) is 0 Å². The van der Waals surface area contributed by atoms with Gasteiger partial charge in [0.15, 0.2) is 0 Å². The molecular weight excluding hydrogens is 945 g/mol. The number of aromatic hydroxyl groups is 1. The van der Waals surface area contributed by atoms with Gasteiger partial charge in [0, 0.05) is 131 Å². The summed E-state index contributed by atoms with van der Waals surface area (Å²) in [5, 5.41) is 15.2. The molecule has 17 nitrogen and oxygen atoms in total. The van der Waals surface area contributed by atoms with Crippen molar-refractivity contribution < 1.29 is 24.2 Å². The third-order valence-electron chi connectivity index (χ3n) is 15.4. The lowest BCUT2D eigenvalue weighted by Gasteiger charge is -2.38. The number of hydrogen-bond acceptors (Lipinski definition) is 15. The minimum atomic E-state index is -0.112. The van der Waals surface area contributed by atoms with Crippen LogP contribution in [0.2, 0.25) is 0 Å². The van der Waals surface area contributed by atoms with Crippen LogP contribution < -0.4 is 29.1 Å². The number of carbonyl (C=O) groups excluding carboxylic acids is 2. The molecule has 5 aliphatic rings. The SMILES string of the molecule is C=CC(=O)N1CCN(c2nc(OC(C)CN(C)C)nc3c2CCN(c2cc(CN4CCC(Oc5nc6c(c(N7CCN(C(=O)C=C)CC7)n5)CCN(c5cc(O)cc7ccccc57)C6)C4)cc4ccccc24)C3)CC1. The van der Waals surface area contributed by atoms with Crippen LogP contribution in [0.25, 0.3) is 21.5 Å². The van der Waals surface area contributed by atoms with Crippen LogP contribution >= 0.6 is 0 Å². The first-order valence-electron chi connectivity index (χ1n) is 26.5. The predicted molar refractivity (Wildman–Crippen MR) is 294 cm³/mol. The highest BCUT2D eigenvalue weighted by Gasteiger charge is 2.33. The van der Waals surface area contributed by atoms with E-state index >= 15 is 0 Å². The van der Waals surface area contributed by atoms with Gasteiger partial charge in [-0.25, -0.2) is 0 Å². The van der Waals surface area contributed by atoms with E-state index in [0.717, 1.165) is 109 Å². The van der Waals surface area contributed by atoms with Gasteiger partial charge < -0.3 is 48.9 Å². The van der Waals surface area contributed by atoms with Gasteiger partial charge in [0.25, 0.3) is 0 Å². The summed E-state index contributed by atoms with van der Waals surface area (Å²) in [6.07, 6.45) is 4.90. The van der Waals surface area contributed by atoms with E-state index in [1.165, 1.54) is 34.2 Å². The molecule has 0 radical (unpaired) electrons. The summed E-state index contributed by atoms with van der Waals surface area (Å²) >= 11 is 0. The number of amides is 2. The van der Waals surface area contributed by atoms with Gasteiger partial charge in [0.05, 0.1) is 24.5 Å². The Labute approximate surface area is 439 Å². The highest BCUT2D eigenvalue weighted by molar-refractivity contribution is 5.96. The van der Waals surface area contributed by atoms with Gasteiger partial charge in [0.2, 0.25) is 11.8 Å². The van der Waals surface area contributed by atoms with Crippen molar-refractivity contribution in [3.05, 3.63) is 126 Å². The summed E-state index contributed by atoms with van der Waals surface area (Å²) in [6.45, 7) is 20.3. The molecule has 1 N–H and O–H groups in total. The molecule has 390 valence electrons. The standard InChI is InChI=1S/C58H68N12O5/c1-6-53(72)65-22-26-67(27-23-65)55-47-17-20-69(37-49(47)59-57(61-55)74-39(3)34-63(4)5)51-31-40(30-41-12-8-10-14-45(41)51)35-64-19-16-44(36-64)75-58-60-50-38-70(52-33-43(71)32-42-13-9-11-15-46(42)52)21-18-48(50)56(62-58)68-28-24-66(25-29-68)54(73)7-2/h6-15,30-33,39,44,71H,1-2,16-29,34-38H2,3-5H3. The third kappa shape index (κ3) is 10.6. The first kappa shape index (κ1) is 49.7. The molecule has 2 unspecified atom stereocenters. The van der Waals surface area contributed by atoms with Gasteiger partial charge in [-0.05, 0) is 87.0 Å². The van der Waals surface area contributed by atoms with Gasteiger partial charge in [-0.1, -0.05) is 61.7 Å². The largest absolute Gasteiger partial charge is 0.508 e. The summed E-state index contributed by atoms with van der Waals surface area (Å²) < 4.78 is 13.2. The highest BCUT2D eigenvalue weighted by atomic mass is 16.5. The molecule has 2 atom stereocenters. The average molecular weight is 1010 g/mol. The topological polar surface area (TPSA) is 150 Å². The Balaban J connectivity index is 0.828. The zero-order chi connectivity index (χ0) is 51.7. The zero-order valence-electron chi connectivity index (χ0n) is 43.5. The minimum Gasteiger partial charge on any atom is -0.508 e. The summed E-state index contributed by atoms with van der Waals surface area (Å²) in [6, 6.07) is 25.9. The molecule has 3 saturated heterocycles. The first-order chi connectivity index (χ1) is 36.5. The van der Waals surface area contributed by atoms with Crippen molar-refractivity contribution in [3.63, 3.8) is 0 Å². The molecule has 3 fully saturated rings. The molecule has 0 bridgehead atoms. The number of phenols is 1. The molecule has 75 heavy (non-hydrogen) atoms. The molecule has 0 saturated carbocycles. The highest BCUT2D eigenvalue weighted by Crippen LogP contribution is 2.39. The Hall–Kier alpha value is -7.50. The number of ether oxygens (including phenoxy) is 2. The van der Waals surface area contributed by atoms with Gasteiger partial charge in [-0.2, -0.15) is 19.9 Å². The Morgan fingerprint density at radius 3 is 1.79 bits per heavy atom. The fourth-order valence-electron chi connectivity index (χ4n) is 11.8. The van der Waals surface area contributed by atoms with Crippen LogP contribution in [-0.4, -0.2) is 168 Å². The van der Waals surface area contributed by atoms with Crippen molar-refractivity contribution in [2.45, 2.75) is 58.0 Å². The normalized spacial score (nSPS) is 18.6. The number of fused-ring (bicyclic) bond motifs is 4. The monoisotopic (exact) mass is 1010 g/mol. The second-order valence-corrected chi connectivity index (χ2v) is 20.9. The van der Waals surface area contributed by atoms with Crippen molar-refractivity contribution in [1.82, 2.24) is 39.5 Å². The first-order valence-corrected chi connectivity index (χ1v) is 26.5. The van der Waals surface area contributed by atoms with E-state index in [1.54, 1.807) is 0 Å². The summed E-state index contributed by atoms with van der Waals surface area (Å²) in [7, 11) is 4.07. The number of hydrogen-bond donors (Lipinski definition) is 1. The van der Waals surface area contributed by atoms with E-state index in [9.17, 15) is 14.7 Å². The molecule has 11 rings (SSSR count). The van der Waals surface area contributed by atoms with Crippen molar-refractivity contribution in [1.29, 1.82) is 0 Å². The van der Waals surface area contributed by atoms with Gasteiger partial charge >= 0.3 is 12.0 Å². The number of benzene rings is 4. The zero-order valence-corrected chi connectivity index (χ0v) is 43.5. The second-order valence-electron chi connectivity index (χ2n) is 20.9. The Morgan fingerprint density at radius 2 is 1.21 bits per heavy atom. The van der Waals surface area contributed by atoms with E-state index in [-0.39, 0.29) is 29.8 Å². The maximum atomic E-state index is 12.5. The number of anilines is 4. The third-order valence-corrected chi connectivity index (χ3v) is 15.4. The quantitative estimate of drug-likeness (QED) is 0.126. The Morgan fingerprint density at radius 1 is 0.680 bits per heavy atom. The average Bonchev–Trinajstić information content (AvgIpc) is 3.86. The fraction of sp³-hybridized carbons (Fsp3) is 0.414. The molecule has 5 aliphatic heterocycles. The van der Waals surface area contributed by atoms with Crippen LogP contribution in [0, 0.1) is 0 Å². The van der Waals surface area contributed by atoms with Gasteiger partial charge in [0.1, 0.15) is 29.6 Å². The lowest BCUT2D eigenvalue weighted by atomic mass is 10.00. The van der Waals surface area contributed by atoms with Crippen LogP contribution in [0.5, 0.6) is 17.8 Å². The molecule has 6 aromatic rings. The van der Waals surface area contributed by atoms with Crippen LogP contribution in [0.3, 0.4) is 0 Å². The van der Waals surface area contributed by atoms with Crippen LogP contribution in [0.15, 0.2) is 98.1 Å². The van der Waals surface area contributed by atoms with Crippen LogP contribution in [-0.2, 0) is 42.1 Å². The molecule has 0 aliphatic carbocycles. The minimum absolute atomic E-state index is 0.0429. The van der Waals surface area contributed by atoms with E-state index < -0.39 is 0 Å². The lowest BCUT2D eigenvalue weighted by Crippen LogP contribution is -2.49. The van der Waals surface area contributed by atoms with E-state index in [4.69, 9.17) is 29.4 Å². The number of rotatable bonds is 14. The Bertz CT molecular complexity index is 3130.